The normalized spacial score (nSPS) is 18.6. The Morgan fingerprint density at radius 2 is 2.03 bits per heavy atom. The van der Waals surface area contributed by atoms with Crippen LogP contribution in [0.3, 0.4) is 0 Å². The summed E-state index contributed by atoms with van der Waals surface area (Å²) in [7, 11) is 1.53. The molecule has 0 bridgehead atoms. The Morgan fingerprint density at radius 1 is 1.31 bits per heavy atom. The van der Waals surface area contributed by atoms with Gasteiger partial charge >= 0.3 is 6.03 Å². The number of nitrogens with zero attached hydrogens (tertiary/aromatic N) is 3. The number of nitrogens with one attached hydrogen (secondary N) is 4. The minimum absolute atomic E-state index is 0. The zero-order valence-corrected chi connectivity index (χ0v) is 19.6. The van der Waals surface area contributed by atoms with Crippen LogP contribution < -0.4 is 32.7 Å². The molecule has 0 fully saturated rings. The van der Waals surface area contributed by atoms with Gasteiger partial charge < -0.3 is 27.0 Å². The van der Waals surface area contributed by atoms with Crippen LogP contribution >= 0.6 is 34.0 Å². The van der Waals surface area contributed by atoms with E-state index in [9.17, 15) is 14.4 Å². The number of rotatable bonds is 7. The second-order valence-electron chi connectivity index (χ2n) is 6.38. The Morgan fingerprint density at radius 3 is 2.62 bits per heavy atom. The molecule has 8 N–H and O–H groups in total. The van der Waals surface area contributed by atoms with Gasteiger partial charge in [0.1, 0.15) is 6.04 Å². The van der Waals surface area contributed by atoms with E-state index in [0.29, 0.717) is 6.42 Å². The number of hydrogen-bond donors (Lipinski definition) is 6. The van der Waals surface area contributed by atoms with Crippen molar-refractivity contribution >= 4 is 63.7 Å². The highest BCUT2D eigenvalue weighted by Gasteiger charge is 2.31. The summed E-state index contributed by atoms with van der Waals surface area (Å²) in [6.07, 6.45) is 1.60. The van der Waals surface area contributed by atoms with E-state index in [1.165, 1.54) is 11.9 Å². The molecule has 0 saturated carbocycles. The first-order valence-electron chi connectivity index (χ1n) is 8.82. The van der Waals surface area contributed by atoms with E-state index in [-0.39, 0.29) is 64.8 Å². The summed E-state index contributed by atoms with van der Waals surface area (Å²) in [5, 5.41) is 10.9. The number of urea groups is 1. The first-order chi connectivity index (χ1) is 12.9. The number of carbonyl (C=O) groups is 3. The van der Waals surface area contributed by atoms with Gasteiger partial charge in [-0.25, -0.2) is 9.79 Å². The van der Waals surface area contributed by atoms with E-state index in [4.69, 9.17) is 11.5 Å². The molecule has 1 unspecified atom stereocenters. The zero-order valence-electron chi connectivity index (χ0n) is 16.1. The molecule has 0 spiro atoms. The number of hydrogen-bond acceptors (Lipinski definition) is 8. The predicted molar refractivity (Wildman–Crippen MR) is 120 cm³/mol. The molecule has 4 amide bonds. The third kappa shape index (κ3) is 8.95. The van der Waals surface area contributed by atoms with Crippen molar-refractivity contribution in [2.45, 2.75) is 31.3 Å². The molecule has 2 aliphatic heterocycles. The van der Waals surface area contributed by atoms with Crippen LogP contribution in [0.15, 0.2) is 9.98 Å². The Hall–Kier alpha value is -1.93. The molecular weight excluding hydrogens is 514 g/mol. The number of nitrogens with two attached hydrogens (primary N) is 2. The molecule has 2 rings (SSSR count). The average molecular weight is 543 g/mol. The van der Waals surface area contributed by atoms with Crippen molar-refractivity contribution in [1.82, 2.24) is 26.2 Å². The van der Waals surface area contributed by atoms with Gasteiger partial charge in [-0.05, 0) is 12.8 Å². The SMILES string of the molecule is Br.Br.CN(C(=O)C[C@@H](N)CCCNC1=NCCN1)C1CN=C(NC(N)=O)NC1=O. The Bertz CT molecular complexity index is 645. The molecule has 14 heteroatoms. The van der Waals surface area contributed by atoms with Crippen molar-refractivity contribution in [2.75, 3.05) is 33.2 Å². The second-order valence-corrected chi connectivity index (χ2v) is 6.38. The summed E-state index contributed by atoms with van der Waals surface area (Å²) in [6, 6.07) is -1.88. The number of halogens is 2. The van der Waals surface area contributed by atoms with Crippen molar-refractivity contribution in [2.24, 2.45) is 21.5 Å². The average Bonchev–Trinajstić information content (AvgIpc) is 3.11. The van der Waals surface area contributed by atoms with Gasteiger partial charge in [0.25, 0.3) is 5.91 Å². The summed E-state index contributed by atoms with van der Waals surface area (Å²) in [5.41, 5.74) is 11.0. The number of aliphatic imine (C=N–C) groups is 2. The van der Waals surface area contributed by atoms with Crippen molar-refractivity contribution < 1.29 is 14.4 Å². The lowest BCUT2D eigenvalue weighted by Crippen LogP contribution is -2.58. The van der Waals surface area contributed by atoms with Gasteiger partial charge in [0.15, 0.2) is 5.96 Å². The molecule has 2 aliphatic rings. The molecule has 0 aliphatic carbocycles. The van der Waals surface area contributed by atoms with Crippen molar-refractivity contribution in [1.29, 1.82) is 0 Å². The number of amides is 4. The van der Waals surface area contributed by atoms with E-state index in [1.54, 1.807) is 0 Å². The first-order valence-corrected chi connectivity index (χ1v) is 8.82. The highest BCUT2D eigenvalue weighted by Crippen LogP contribution is 2.08. The van der Waals surface area contributed by atoms with Crippen molar-refractivity contribution in [3.8, 4) is 0 Å². The number of likely N-dealkylation sites (N-methyl/N-ethyl adjacent to an activating group) is 1. The van der Waals surface area contributed by atoms with Crippen LogP contribution in [0.5, 0.6) is 0 Å². The smallest absolute Gasteiger partial charge is 0.318 e. The number of carbonyl (C=O) groups excluding carboxylic acids is 3. The maximum atomic E-state index is 12.4. The molecule has 0 aromatic rings. The Balaban J connectivity index is 0.00000392. The zero-order chi connectivity index (χ0) is 19.8. The molecule has 0 saturated heterocycles. The van der Waals surface area contributed by atoms with Crippen LogP contribution in [0, 0.1) is 0 Å². The minimum Gasteiger partial charge on any atom is -0.356 e. The monoisotopic (exact) mass is 541 g/mol. The van der Waals surface area contributed by atoms with Crippen LogP contribution in [-0.2, 0) is 9.59 Å². The first kappa shape index (κ1) is 27.1. The van der Waals surface area contributed by atoms with Crippen LogP contribution in [0.4, 0.5) is 4.79 Å². The lowest BCUT2D eigenvalue weighted by Gasteiger charge is -2.30. The third-order valence-corrected chi connectivity index (χ3v) is 4.22. The maximum Gasteiger partial charge on any atom is 0.318 e. The molecule has 29 heavy (non-hydrogen) atoms. The largest absolute Gasteiger partial charge is 0.356 e. The molecule has 12 nitrogen and oxygen atoms in total. The van der Waals surface area contributed by atoms with Gasteiger partial charge in [-0.3, -0.25) is 25.2 Å². The van der Waals surface area contributed by atoms with Gasteiger partial charge in [-0.1, -0.05) is 0 Å². The van der Waals surface area contributed by atoms with Crippen LogP contribution in [0.25, 0.3) is 0 Å². The minimum atomic E-state index is -0.826. The van der Waals surface area contributed by atoms with Crippen molar-refractivity contribution in [3.05, 3.63) is 0 Å². The summed E-state index contributed by atoms with van der Waals surface area (Å²) < 4.78 is 0. The lowest BCUT2D eigenvalue weighted by molar-refractivity contribution is -0.138. The predicted octanol–water partition coefficient (Wildman–Crippen LogP) is -1.83. The quantitative estimate of drug-likeness (QED) is 0.206. The van der Waals surface area contributed by atoms with Crippen LogP contribution in [0.2, 0.25) is 0 Å². The van der Waals surface area contributed by atoms with Gasteiger partial charge in [-0.15, -0.1) is 34.0 Å². The third-order valence-electron chi connectivity index (χ3n) is 4.22. The van der Waals surface area contributed by atoms with Crippen LogP contribution in [0.1, 0.15) is 19.3 Å². The summed E-state index contributed by atoms with van der Waals surface area (Å²) in [6.45, 7) is 2.39. The Kier molecular flexibility index (Phi) is 12.4. The summed E-state index contributed by atoms with van der Waals surface area (Å²) in [5.74, 6) is 0.106. The van der Waals surface area contributed by atoms with Crippen molar-refractivity contribution in [3.63, 3.8) is 0 Å². The fraction of sp³-hybridized carbons (Fsp3) is 0.667. The Labute approximate surface area is 190 Å². The van der Waals surface area contributed by atoms with Gasteiger partial charge in [-0.2, -0.15) is 0 Å². The van der Waals surface area contributed by atoms with E-state index >= 15 is 0 Å². The van der Waals surface area contributed by atoms with E-state index in [2.05, 4.69) is 31.3 Å². The van der Waals surface area contributed by atoms with Gasteiger partial charge in [0.05, 0.1) is 13.1 Å². The molecule has 0 aromatic carbocycles. The fourth-order valence-electron chi connectivity index (χ4n) is 2.72. The molecule has 166 valence electrons. The molecular formula is C15H29Br2N9O3. The van der Waals surface area contributed by atoms with Crippen LogP contribution in [-0.4, -0.2) is 80.0 Å². The topological polar surface area (TPSA) is 179 Å². The molecule has 2 atom stereocenters. The molecule has 2 heterocycles. The van der Waals surface area contributed by atoms with E-state index in [1.807, 2.05) is 0 Å². The number of guanidine groups is 2. The standard InChI is InChI=1S/C15H27N9O3.2BrH/c1-24(10-8-21-15(22-12(10)26)23-13(17)27)11(25)7-9(16)3-2-4-18-14-19-5-6-20-14;;/h9-10H,2-8,16H2,1H3,(H2,18,19,20)(H4,17,21,22,23,26,27);2*1H/t9-,10?;;/m0../s1. The fourth-order valence-corrected chi connectivity index (χ4v) is 2.72. The van der Waals surface area contributed by atoms with Gasteiger partial charge in [0, 0.05) is 32.6 Å². The molecule has 0 aromatic heterocycles. The lowest BCUT2D eigenvalue weighted by atomic mass is 10.1. The van der Waals surface area contributed by atoms with E-state index in [0.717, 1.165) is 32.0 Å². The second kappa shape index (κ2) is 13.3. The molecule has 0 radical (unpaired) electrons. The highest BCUT2D eigenvalue weighted by molar-refractivity contribution is 8.93. The highest BCUT2D eigenvalue weighted by atomic mass is 79.9. The number of primary amides is 1. The van der Waals surface area contributed by atoms with E-state index < -0.39 is 18.0 Å². The van der Waals surface area contributed by atoms with Gasteiger partial charge in [0.2, 0.25) is 11.9 Å². The summed E-state index contributed by atoms with van der Waals surface area (Å²) >= 11 is 0. The summed E-state index contributed by atoms with van der Waals surface area (Å²) in [4.78, 5) is 44.9. The maximum absolute atomic E-state index is 12.4.